The van der Waals surface area contributed by atoms with Gasteiger partial charge in [0.2, 0.25) is 0 Å². The van der Waals surface area contributed by atoms with Gasteiger partial charge in [-0.05, 0) is 17.5 Å². The molecule has 1 aromatic rings. The van der Waals surface area contributed by atoms with E-state index < -0.39 is 11.6 Å². The highest BCUT2D eigenvalue weighted by Crippen LogP contribution is 2.25. The summed E-state index contributed by atoms with van der Waals surface area (Å²) in [6, 6.07) is 2.58. The fourth-order valence-electron chi connectivity index (χ4n) is 1.54. The van der Waals surface area contributed by atoms with Crippen molar-refractivity contribution in [2.75, 3.05) is 7.11 Å². The van der Waals surface area contributed by atoms with E-state index in [-0.39, 0.29) is 24.5 Å². The molecule has 0 radical (unpaired) electrons. The molecule has 0 aromatic heterocycles. The van der Waals surface area contributed by atoms with Crippen LogP contribution in [0.1, 0.15) is 30.4 Å². The van der Waals surface area contributed by atoms with Crippen molar-refractivity contribution < 1.29 is 18.3 Å². The summed E-state index contributed by atoms with van der Waals surface area (Å²) in [5.41, 5.74) is 0.262. The van der Waals surface area contributed by atoms with E-state index in [9.17, 15) is 13.6 Å². The molecule has 0 saturated heterocycles. The molecule has 0 aliphatic heterocycles. The van der Waals surface area contributed by atoms with Crippen LogP contribution >= 0.6 is 0 Å². The second kappa shape index (κ2) is 5.70. The summed E-state index contributed by atoms with van der Waals surface area (Å²) >= 11 is 0. The van der Waals surface area contributed by atoms with E-state index in [0.717, 1.165) is 6.29 Å². The van der Waals surface area contributed by atoms with Crippen LogP contribution in [-0.4, -0.2) is 13.4 Å². The van der Waals surface area contributed by atoms with Crippen molar-refractivity contribution in [1.82, 2.24) is 0 Å². The van der Waals surface area contributed by atoms with Crippen LogP contribution in [0.4, 0.5) is 8.78 Å². The number of carbonyl (C=O) groups is 1. The molecule has 0 fully saturated rings. The standard InChI is InChI=1S/C12H14F2O2/c1-8(5-6-15)9-3-4-11(13)10(7-16-2)12(9)14/h3-4,6,8H,5,7H2,1-2H3. The lowest BCUT2D eigenvalue weighted by atomic mass is 9.95. The number of ether oxygens (including phenoxy) is 1. The highest BCUT2D eigenvalue weighted by Gasteiger charge is 2.17. The number of benzene rings is 1. The summed E-state index contributed by atoms with van der Waals surface area (Å²) in [5, 5.41) is 0. The zero-order chi connectivity index (χ0) is 12.1. The van der Waals surface area contributed by atoms with Gasteiger partial charge in [0.1, 0.15) is 17.9 Å². The summed E-state index contributed by atoms with van der Waals surface area (Å²) < 4.78 is 31.9. The first-order valence-electron chi connectivity index (χ1n) is 5.01. The molecule has 0 aliphatic rings. The van der Waals surface area contributed by atoms with Crippen LogP contribution in [0.25, 0.3) is 0 Å². The second-order valence-electron chi connectivity index (χ2n) is 3.67. The van der Waals surface area contributed by atoms with Crippen molar-refractivity contribution >= 4 is 6.29 Å². The Bertz CT molecular complexity index is 378. The molecule has 1 atom stereocenters. The number of methoxy groups -OCH3 is 1. The maximum atomic E-state index is 13.9. The third kappa shape index (κ3) is 2.64. The van der Waals surface area contributed by atoms with E-state index in [2.05, 4.69) is 0 Å². The van der Waals surface area contributed by atoms with Gasteiger partial charge in [0, 0.05) is 19.1 Å². The Kier molecular flexibility index (Phi) is 4.55. The van der Waals surface area contributed by atoms with Crippen molar-refractivity contribution in [3.05, 3.63) is 34.9 Å². The first-order valence-corrected chi connectivity index (χ1v) is 5.01. The Balaban J connectivity index is 3.11. The third-order valence-electron chi connectivity index (χ3n) is 2.49. The Labute approximate surface area is 93.2 Å². The molecule has 1 unspecified atom stereocenters. The second-order valence-corrected chi connectivity index (χ2v) is 3.67. The quantitative estimate of drug-likeness (QED) is 0.724. The van der Waals surface area contributed by atoms with Gasteiger partial charge >= 0.3 is 0 Å². The SMILES string of the molecule is COCc1c(F)ccc(C(C)CC=O)c1F. The van der Waals surface area contributed by atoms with E-state index >= 15 is 0 Å². The maximum absolute atomic E-state index is 13.9. The van der Waals surface area contributed by atoms with Crippen LogP contribution < -0.4 is 0 Å². The smallest absolute Gasteiger partial charge is 0.135 e. The summed E-state index contributed by atoms with van der Waals surface area (Å²) in [6.07, 6.45) is 0.943. The van der Waals surface area contributed by atoms with E-state index in [1.807, 2.05) is 0 Å². The third-order valence-corrected chi connectivity index (χ3v) is 2.49. The number of carbonyl (C=O) groups excluding carboxylic acids is 1. The molecule has 0 N–H and O–H groups in total. The first kappa shape index (κ1) is 12.8. The average molecular weight is 228 g/mol. The molecule has 4 heteroatoms. The van der Waals surface area contributed by atoms with Crippen molar-refractivity contribution in [3.63, 3.8) is 0 Å². The lowest BCUT2D eigenvalue weighted by Crippen LogP contribution is -2.05. The molecule has 0 aliphatic carbocycles. The Morgan fingerprint density at radius 2 is 2.12 bits per heavy atom. The van der Waals surface area contributed by atoms with E-state index in [4.69, 9.17) is 4.74 Å². The summed E-state index contributed by atoms with van der Waals surface area (Å²) in [7, 11) is 1.38. The van der Waals surface area contributed by atoms with Crippen LogP contribution in [0.5, 0.6) is 0 Å². The molecule has 2 nitrogen and oxygen atoms in total. The van der Waals surface area contributed by atoms with Crippen molar-refractivity contribution in [2.24, 2.45) is 0 Å². The lowest BCUT2D eigenvalue weighted by Gasteiger charge is -2.13. The van der Waals surface area contributed by atoms with Gasteiger partial charge in [0.15, 0.2) is 0 Å². The fourth-order valence-corrected chi connectivity index (χ4v) is 1.54. The van der Waals surface area contributed by atoms with Crippen molar-refractivity contribution in [2.45, 2.75) is 25.9 Å². The molecule has 0 heterocycles. The number of halogens is 2. The van der Waals surface area contributed by atoms with Crippen LogP contribution in [0.3, 0.4) is 0 Å². The highest BCUT2D eigenvalue weighted by molar-refractivity contribution is 5.51. The van der Waals surface area contributed by atoms with Gasteiger partial charge in [-0.1, -0.05) is 13.0 Å². The van der Waals surface area contributed by atoms with E-state index in [1.54, 1.807) is 6.92 Å². The lowest BCUT2D eigenvalue weighted by molar-refractivity contribution is -0.108. The van der Waals surface area contributed by atoms with Crippen LogP contribution in [0.15, 0.2) is 12.1 Å². The molecule has 0 saturated carbocycles. The maximum Gasteiger partial charge on any atom is 0.135 e. The van der Waals surface area contributed by atoms with Gasteiger partial charge in [0.05, 0.1) is 6.61 Å². The van der Waals surface area contributed by atoms with Crippen molar-refractivity contribution in [1.29, 1.82) is 0 Å². The molecule has 0 amide bonds. The predicted octanol–water partition coefficient (Wildman–Crippen LogP) is 2.80. The average Bonchev–Trinajstić information content (AvgIpc) is 2.24. The minimum absolute atomic E-state index is 0.0854. The highest BCUT2D eigenvalue weighted by atomic mass is 19.1. The number of hydrogen-bond acceptors (Lipinski definition) is 2. The Hall–Kier alpha value is -1.29. The van der Waals surface area contributed by atoms with Gasteiger partial charge in [-0.3, -0.25) is 0 Å². The monoisotopic (exact) mass is 228 g/mol. The molecular weight excluding hydrogens is 214 g/mol. The molecule has 0 spiro atoms. The molecule has 88 valence electrons. The molecule has 1 rings (SSSR count). The van der Waals surface area contributed by atoms with Crippen LogP contribution in [0.2, 0.25) is 0 Å². The summed E-state index contributed by atoms with van der Waals surface area (Å²) in [5.74, 6) is -1.49. The van der Waals surface area contributed by atoms with Crippen molar-refractivity contribution in [3.8, 4) is 0 Å². The topological polar surface area (TPSA) is 26.3 Å². The zero-order valence-corrected chi connectivity index (χ0v) is 9.30. The normalized spacial score (nSPS) is 12.5. The fraction of sp³-hybridized carbons (Fsp3) is 0.417. The minimum Gasteiger partial charge on any atom is -0.380 e. The Morgan fingerprint density at radius 1 is 1.44 bits per heavy atom. The van der Waals surface area contributed by atoms with Gasteiger partial charge < -0.3 is 9.53 Å². The number of aldehydes is 1. The van der Waals surface area contributed by atoms with Gasteiger partial charge in [-0.2, -0.15) is 0 Å². The predicted molar refractivity (Wildman–Crippen MR) is 56.2 cm³/mol. The van der Waals surface area contributed by atoms with Crippen LogP contribution in [-0.2, 0) is 16.1 Å². The first-order chi connectivity index (χ1) is 7.61. The minimum atomic E-state index is -0.624. The summed E-state index contributed by atoms with van der Waals surface area (Å²) in [6.45, 7) is 1.61. The van der Waals surface area contributed by atoms with Gasteiger partial charge in [0.25, 0.3) is 0 Å². The van der Waals surface area contributed by atoms with Crippen LogP contribution in [0, 0.1) is 11.6 Å². The number of hydrogen-bond donors (Lipinski definition) is 0. The number of rotatable bonds is 5. The molecule has 1 aromatic carbocycles. The van der Waals surface area contributed by atoms with Gasteiger partial charge in [-0.15, -0.1) is 0 Å². The zero-order valence-electron chi connectivity index (χ0n) is 9.30. The summed E-state index contributed by atoms with van der Waals surface area (Å²) in [4.78, 5) is 10.4. The van der Waals surface area contributed by atoms with E-state index in [0.29, 0.717) is 5.56 Å². The molecule has 0 bridgehead atoms. The molecule has 16 heavy (non-hydrogen) atoms. The largest absolute Gasteiger partial charge is 0.380 e. The van der Waals surface area contributed by atoms with E-state index in [1.165, 1.54) is 19.2 Å². The van der Waals surface area contributed by atoms with Gasteiger partial charge in [-0.25, -0.2) is 8.78 Å². The Morgan fingerprint density at radius 3 is 2.69 bits per heavy atom. The molecular formula is C12H14F2O2.